The molecule has 1 unspecified atom stereocenters. The highest BCUT2D eigenvalue weighted by molar-refractivity contribution is 7.19. The second kappa shape index (κ2) is 6.32. The summed E-state index contributed by atoms with van der Waals surface area (Å²) in [5.74, 6) is 1.09. The van der Waals surface area contributed by atoms with Crippen LogP contribution in [0.3, 0.4) is 0 Å². The molecule has 3 heterocycles. The first-order valence-corrected chi connectivity index (χ1v) is 10.1. The minimum Gasteiger partial charge on any atom is -0.364 e. The van der Waals surface area contributed by atoms with Crippen molar-refractivity contribution in [2.24, 2.45) is 0 Å². The molecule has 1 aliphatic rings. The standard InChI is InChI=1S/C20H20N2OS2/c1-12(2)20-21-16(10-18(23)22(20)3)15-11-25-19-13(15)6-4-7-14(19)17-8-5-9-24-17/h4-9,11,16,21H,10H2,1-3H3. The Kier molecular flexibility index (Phi) is 4.13. The molecule has 0 saturated carbocycles. The molecule has 3 nitrogen and oxygen atoms in total. The Morgan fingerprint density at radius 3 is 2.76 bits per heavy atom. The van der Waals surface area contributed by atoms with Crippen LogP contribution in [0.4, 0.5) is 0 Å². The number of benzene rings is 1. The first-order valence-electron chi connectivity index (χ1n) is 8.31. The van der Waals surface area contributed by atoms with Crippen molar-refractivity contribution in [1.29, 1.82) is 0 Å². The Morgan fingerprint density at radius 2 is 2.04 bits per heavy atom. The van der Waals surface area contributed by atoms with Crippen molar-refractivity contribution < 1.29 is 4.79 Å². The number of hydrogen-bond donors (Lipinski definition) is 1. The van der Waals surface area contributed by atoms with E-state index in [1.54, 1.807) is 27.6 Å². The molecule has 0 bridgehead atoms. The van der Waals surface area contributed by atoms with Gasteiger partial charge in [-0.2, -0.15) is 0 Å². The van der Waals surface area contributed by atoms with Crippen molar-refractivity contribution in [2.45, 2.75) is 26.3 Å². The molecule has 5 heteroatoms. The number of amides is 1. The van der Waals surface area contributed by atoms with Crippen LogP contribution in [0.5, 0.6) is 0 Å². The lowest BCUT2D eigenvalue weighted by atomic mass is 9.98. The van der Waals surface area contributed by atoms with Gasteiger partial charge in [-0.1, -0.05) is 24.3 Å². The van der Waals surface area contributed by atoms with Gasteiger partial charge in [-0.25, -0.2) is 0 Å². The lowest BCUT2D eigenvalue weighted by Crippen LogP contribution is -2.43. The molecular weight excluding hydrogens is 348 g/mol. The van der Waals surface area contributed by atoms with Crippen LogP contribution in [0.15, 0.2) is 52.5 Å². The predicted molar refractivity (Wildman–Crippen MR) is 107 cm³/mol. The van der Waals surface area contributed by atoms with E-state index in [1.165, 1.54) is 26.1 Å². The zero-order valence-electron chi connectivity index (χ0n) is 14.5. The molecular formula is C20H20N2OS2. The molecule has 0 spiro atoms. The van der Waals surface area contributed by atoms with E-state index in [2.05, 4.69) is 46.4 Å². The van der Waals surface area contributed by atoms with E-state index < -0.39 is 0 Å². The summed E-state index contributed by atoms with van der Waals surface area (Å²) in [6.07, 6.45) is 0.488. The van der Waals surface area contributed by atoms with Crippen molar-refractivity contribution in [1.82, 2.24) is 10.2 Å². The minimum atomic E-state index is 0.0286. The van der Waals surface area contributed by atoms with Gasteiger partial charge < -0.3 is 10.2 Å². The average molecular weight is 369 g/mol. The van der Waals surface area contributed by atoms with Gasteiger partial charge in [0.05, 0.1) is 12.5 Å². The smallest absolute Gasteiger partial charge is 0.230 e. The molecule has 1 fully saturated rings. The van der Waals surface area contributed by atoms with Gasteiger partial charge in [-0.05, 0) is 47.2 Å². The van der Waals surface area contributed by atoms with Gasteiger partial charge in [0.1, 0.15) is 5.82 Å². The van der Waals surface area contributed by atoms with E-state index in [1.807, 2.05) is 20.9 Å². The van der Waals surface area contributed by atoms with Crippen molar-refractivity contribution in [3.8, 4) is 10.4 Å². The summed E-state index contributed by atoms with van der Waals surface area (Å²) >= 11 is 3.53. The van der Waals surface area contributed by atoms with Crippen LogP contribution in [0.2, 0.25) is 0 Å². The maximum Gasteiger partial charge on any atom is 0.230 e. The van der Waals surface area contributed by atoms with Crippen LogP contribution >= 0.6 is 22.7 Å². The zero-order chi connectivity index (χ0) is 17.6. The van der Waals surface area contributed by atoms with E-state index in [4.69, 9.17) is 0 Å². The Morgan fingerprint density at radius 1 is 1.20 bits per heavy atom. The highest BCUT2D eigenvalue weighted by atomic mass is 32.1. The van der Waals surface area contributed by atoms with Crippen molar-refractivity contribution in [2.75, 3.05) is 7.05 Å². The van der Waals surface area contributed by atoms with Crippen molar-refractivity contribution >= 4 is 38.7 Å². The van der Waals surface area contributed by atoms with Crippen molar-refractivity contribution in [3.63, 3.8) is 0 Å². The molecule has 0 radical (unpaired) electrons. The fourth-order valence-electron chi connectivity index (χ4n) is 3.39. The largest absolute Gasteiger partial charge is 0.364 e. The summed E-state index contributed by atoms with van der Waals surface area (Å²) in [6.45, 7) is 4.07. The van der Waals surface area contributed by atoms with Gasteiger partial charge in [0.25, 0.3) is 0 Å². The number of nitrogens with zero attached hydrogens (tertiary/aromatic N) is 1. The molecule has 3 aromatic rings. The third kappa shape index (κ3) is 2.77. The maximum atomic E-state index is 12.5. The number of rotatable bonds is 2. The van der Waals surface area contributed by atoms with Gasteiger partial charge in [-0.15, -0.1) is 22.7 Å². The highest BCUT2D eigenvalue weighted by Crippen LogP contribution is 2.40. The van der Waals surface area contributed by atoms with E-state index in [9.17, 15) is 4.79 Å². The first kappa shape index (κ1) is 16.4. The lowest BCUT2D eigenvalue weighted by molar-refractivity contribution is -0.130. The normalized spacial score (nSPS) is 17.9. The molecule has 1 N–H and O–H groups in total. The topological polar surface area (TPSA) is 32.3 Å². The summed E-state index contributed by atoms with van der Waals surface area (Å²) in [5.41, 5.74) is 3.63. The van der Waals surface area contributed by atoms with Crippen LogP contribution in [-0.4, -0.2) is 17.9 Å². The van der Waals surface area contributed by atoms with Gasteiger partial charge >= 0.3 is 0 Å². The quantitative estimate of drug-likeness (QED) is 0.659. The summed E-state index contributed by atoms with van der Waals surface area (Å²) in [4.78, 5) is 15.5. The number of allylic oxidation sites excluding steroid dienone is 1. The summed E-state index contributed by atoms with van der Waals surface area (Å²) < 4.78 is 1.30. The molecule has 4 rings (SSSR count). The molecule has 25 heavy (non-hydrogen) atoms. The fourth-order valence-corrected chi connectivity index (χ4v) is 5.37. The van der Waals surface area contributed by atoms with Crippen LogP contribution in [0.1, 0.15) is 31.9 Å². The van der Waals surface area contributed by atoms with Crippen LogP contribution in [0.25, 0.3) is 20.5 Å². The Hall–Kier alpha value is -2.11. The van der Waals surface area contributed by atoms with E-state index in [0.717, 1.165) is 11.4 Å². The molecule has 0 aliphatic carbocycles. The van der Waals surface area contributed by atoms with Crippen LogP contribution in [-0.2, 0) is 4.79 Å². The molecule has 1 amide bonds. The molecule has 1 saturated heterocycles. The van der Waals surface area contributed by atoms with E-state index >= 15 is 0 Å². The maximum absolute atomic E-state index is 12.5. The fraction of sp³-hybridized carbons (Fsp3) is 0.250. The predicted octanol–water partition coefficient (Wildman–Crippen LogP) is 5.37. The third-order valence-corrected chi connectivity index (χ3v) is 6.62. The summed E-state index contributed by atoms with van der Waals surface area (Å²) in [5, 5.41) is 9.15. The molecule has 128 valence electrons. The molecule has 2 aromatic heterocycles. The van der Waals surface area contributed by atoms with Gasteiger partial charge in [0.2, 0.25) is 5.91 Å². The SMILES string of the molecule is CC(C)=C1NC(c2csc3c(-c4cccs4)cccc23)CC(=O)N1C. The molecule has 1 aromatic carbocycles. The van der Waals surface area contributed by atoms with Gasteiger partial charge in [0.15, 0.2) is 0 Å². The average Bonchev–Trinajstić information content (AvgIpc) is 3.26. The summed E-state index contributed by atoms with van der Waals surface area (Å²) in [7, 11) is 1.84. The number of carbonyl (C=O) groups is 1. The zero-order valence-corrected chi connectivity index (χ0v) is 16.1. The minimum absolute atomic E-state index is 0.0286. The second-order valence-corrected chi connectivity index (χ2v) is 8.38. The van der Waals surface area contributed by atoms with Gasteiger partial charge in [0, 0.05) is 22.2 Å². The number of nitrogens with one attached hydrogen (secondary N) is 1. The van der Waals surface area contributed by atoms with Crippen LogP contribution < -0.4 is 5.32 Å². The Balaban J connectivity index is 1.79. The number of thiophene rings is 2. The molecule has 1 atom stereocenters. The monoisotopic (exact) mass is 368 g/mol. The first-order chi connectivity index (χ1) is 12.1. The van der Waals surface area contributed by atoms with Crippen LogP contribution in [0, 0.1) is 0 Å². The summed E-state index contributed by atoms with van der Waals surface area (Å²) in [6, 6.07) is 10.8. The second-order valence-electron chi connectivity index (χ2n) is 6.55. The Labute approximate surface area is 155 Å². The number of carbonyl (C=O) groups excluding carboxylic acids is 1. The number of hydrogen-bond acceptors (Lipinski definition) is 4. The van der Waals surface area contributed by atoms with Gasteiger partial charge in [-0.3, -0.25) is 4.79 Å². The highest BCUT2D eigenvalue weighted by Gasteiger charge is 2.30. The molecule has 1 aliphatic heterocycles. The third-order valence-electron chi connectivity index (χ3n) is 4.66. The van der Waals surface area contributed by atoms with E-state index in [-0.39, 0.29) is 11.9 Å². The van der Waals surface area contributed by atoms with E-state index in [0.29, 0.717) is 6.42 Å². The van der Waals surface area contributed by atoms with Crippen molar-refractivity contribution in [3.05, 3.63) is 58.0 Å². The Bertz CT molecular complexity index is 965. The number of fused-ring (bicyclic) bond motifs is 1. The lowest BCUT2D eigenvalue weighted by Gasteiger charge is -2.34.